The molecule has 0 saturated heterocycles. The van der Waals surface area contributed by atoms with Gasteiger partial charge in [0.1, 0.15) is 5.15 Å². The minimum absolute atomic E-state index is 0.609. The Bertz CT molecular complexity index is 257. The van der Waals surface area contributed by atoms with Crippen molar-refractivity contribution in [2.45, 2.75) is 18.9 Å². The van der Waals surface area contributed by atoms with E-state index < -0.39 is 0 Å². The molecule has 0 atom stereocenters. The third kappa shape index (κ3) is 1.49. The molecule has 1 aromatic heterocycles. The van der Waals surface area contributed by atoms with Crippen molar-refractivity contribution in [3.05, 3.63) is 10.5 Å². The van der Waals surface area contributed by atoms with Gasteiger partial charge in [-0.1, -0.05) is 11.6 Å². The summed E-state index contributed by atoms with van der Waals surface area (Å²) in [6.07, 6.45) is 2.60. The minimum atomic E-state index is 0.609. The maximum absolute atomic E-state index is 5.70. The van der Waals surface area contributed by atoms with Crippen molar-refractivity contribution in [1.29, 1.82) is 0 Å². The summed E-state index contributed by atoms with van der Waals surface area (Å²) in [5.74, 6) is 0. The Labute approximate surface area is 74.8 Å². The smallest absolute Gasteiger partial charge is 0.186 e. The number of halogens is 1. The van der Waals surface area contributed by atoms with E-state index in [9.17, 15) is 0 Å². The summed E-state index contributed by atoms with van der Waals surface area (Å²) in [4.78, 5) is 6.39. The molecule has 4 heteroatoms. The van der Waals surface area contributed by atoms with Gasteiger partial charge in [-0.05, 0) is 12.8 Å². The fraction of sp³-hybridized carbons (Fsp3) is 0.571. The van der Waals surface area contributed by atoms with E-state index in [2.05, 4.69) is 16.9 Å². The van der Waals surface area contributed by atoms with E-state index in [0.29, 0.717) is 5.15 Å². The summed E-state index contributed by atoms with van der Waals surface area (Å²) >= 11 is 7.31. The molecule has 0 radical (unpaired) electrons. The lowest BCUT2D eigenvalue weighted by Crippen LogP contribution is -2.18. The fourth-order valence-corrected chi connectivity index (χ4v) is 2.01. The summed E-state index contributed by atoms with van der Waals surface area (Å²) in [7, 11) is 2.08. The van der Waals surface area contributed by atoms with Crippen LogP contribution in [0.3, 0.4) is 0 Å². The number of aromatic nitrogens is 1. The van der Waals surface area contributed by atoms with Crippen molar-refractivity contribution in [3.63, 3.8) is 0 Å². The number of rotatable bonds is 2. The molecule has 1 aliphatic carbocycles. The molecule has 2 nitrogen and oxygen atoms in total. The highest BCUT2D eigenvalue weighted by molar-refractivity contribution is 7.14. The summed E-state index contributed by atoms with van der Waals surface area (Å²) < 4.78 is 0. The van der Waals surface area contributed by atoms with Crippen LogP contribution in [0.4, 0.5) is 5.13 Å². The van der Waals surface area contributed by atoms with Gasteiger partial charge in [-0.25, -0.2) is 4.98 Å². The third-order valence-corrected chi connectivity index (χ3v) is 3.11. The zero-order chi connectivity index (χ0) is 7.84. The van der Waals surface area contributed by atoms with Crippen LogP contribution >= 0.6 is 22.9 Å². The van der Waals surface area contributed by atoms with Crippen molar-refractivity contribution >= 4 is 28.1 Å². The maximum Gasteiger partial charge on any atom is 0.186 e. The predicted octanol–water partition coefficient (Wildman–Crippen LogP) is 2.40. The lowest BCUT2D eigenvalue weighted by molar-refractivity contribution is 0.909. The van der Waals surface area contributed by atoms with E-state index in [1.54, 1.807) is 11.3 Å². The van der Waals surface area contributed by atoms with Gasteiger partial charge in [-0.15, -0.1) is 11.3 Å². The van der Waals surface area contributed by atoms with E-state index in [1.807, 2.05) is 5.38 Å². The second kappa shape index (κ2) is 2.64. The van der Waals surface area contributed by atoms with Crippen LogP contribution in [0.5, 0.6) is 0 Å². The Morgan fingerprint density at radius 2 is 2.45 bits per heavy atom. The van der Waals surface area contributed by atoms with E-state index in [0.717, 1.165) is 11.2 Å². The molecule has 0 amide bonds. The summed E-state index contributed by atoms with van der Waals surface area (Å²) in [6.45, 7) is 0. The van der Waals surface area contributed by atoms with Crippen molar-refractivity contribution in [3.8, 4) is 0 Å². The largest absolute Gasteiger partial charge is 0.348 e. The molecule has 0 N–H and O–H groups in total. The van der Waals surface area contributed by atoms with Gasteiger partial charge in [0.15, 0.2) is 5.13 Å². The summed E-state index contributed by atoms with van der Waals surface area (Å²) in [5, 5.41) is 3.52. The van der Waals surface area contributed by atoms with Crippen molar-refractivity contribution in [2.75, 3.05) is 11.9 Å². The molecule has 2 rings (SSSR count). The first-order chi connectivity index (χ1) is 5.27. The highest BCUT2D eigenvalue weighted by Crippen LogP contribution is 2.32. The molecule has 1 aromatic rings. The van der Waals surface area contributed by atoms with Crippen LogP contribution in [0.15, 0.2) is 5.38 Å². The molecule has 1 heterocycles. The molecule has 0 aromatic carbocycles. The van der Waals surface area contributed by atoms with Crippen LogP contribution in [-0.4, -0.2) is 18.1 Å². The highest BCUT2D eigenvalue weighted by atomic mass is 35.5. The Morgan fingerprint density at radius 3 is 2.91 bits per heavy atom. The zero-order valence-electron chi connectivity index (χ0n) is 6.25. The number of hydrogen-bond donors (Lipinski definition) is 0. The van der Waals surface area contributed by atoms with Crippen LogP contribution in [0.25, 0.3) is 0 Å². The highest BCUT2D eigenvalue weighted by Gasteiger charge is 2.27. The standard InChI is InChI=1S/C7H9ClN2S/c1-10(5-2-3-5)7-9-6(8)4-11-7/h4-5H,2-3H2,1H3. The molecule has 0 aliphatic heterocycles. The van der Waals surface area contributed by atoms with Gasteiger partial charge in [0.05, 0.1) is 0 Å². The van der Waals surface area contributed by atoms with Crippen molar-refractivity contribution in [1.82, 2.24) is 4.98 Å². The van der Waals surface area contributed by atoms with Gasteiger partial charge >= 0.3 is 0 Å². The first-order valence-electron chi connectivity index (χ1n) is 3.61. The number of nitrogens with zero attached hydrogens (tertiary/aromatic N) is 2. The van der Waals surface area contributed by atoms with E-state index in [-0.39, 0.29) is 0 Å². The lowest BCUT2D eigenvalue weighted by Gasteiger charge is -2.13. The average molecular weight is 189 g/mol. The normalized spacial score (nSPS) is 16.9. The predicted molar refractivity (Wildman–Crippen MR) is 48.5 cm³/mol. The first-order valence-corrected chi connectivity index (χ1v) is 4.87. The van der Waals surface area contributed by atoms with E-state index in [1.165, 1.54) is 12.8 Å². The van der Waals surface area contributed by atoms with Crippen LogP contribution in [-0.2, 0) is 0 Å². The average Bonchev–Trinajstić information content (AvgIpc) is 2.74. The van der Waals surface area contributed by atoms with Crippen LogP contribution < -0.4 is 4.90 Å². The van der Waals surface area contributed by atoms with Crippen LogP contribution in [0.1, 0.15) is 12.8 Å². The van der Waals surface area contributed by atoms with E-state index in [4.69, 9.17) is 11.6 Å². The maximum atomic E-state index is 5.70. The SMILES string of the molecule is CN(c1nc(Cl)cs1)C1CC1. The van der Waals surface area contributed by atoms with Crippen molar-refractivity contribution < 1.29 is 0 Å². The molecule has 11 heavy (non-hydrogen) atoms. The Balaban J connectivity index is 2.14. The monoisotopic (exact) mass is 188 g/mol. The third-order valence-electron chi connectivity index (χ3n) is 1.86. The molecular weight excluding hydrogens is 180 g/mol. The Kier molecular flexibility index (Phi) is 1.77. The summed E-state index contributed by atoms with van der Waals surface area (Å²) in [5.41, 5.74) is 0. The minimum Gasteiger partial charge on any atom is -0.348 e. The molecule has 0 spiro atoms. The fourth-order valence-electron chi connectivity index (χ4n) is 1.03. The second-order valence-electron chi connectivity index (χ2n) is 2.79. The van der Waals surface area contributed by atoms with Gasteiger partial charge in [0.2, 0.25) is 0 Å². The topological polar surface area (TPSA) is 16.1 Å². The lowest BCUT2D eigenvalue weighted by atomic mass is 10.6. The van der Waals surface area contributed by atoms with Gasteiger partial charge < -0.3 is 4.90 Å². The quantitative estimate of drug-likeness (QED) is 0.709. The van der Waals surface area contributed by atoms with E-state index >= 15 is 0 Å². The first kappa shape index (κ1) is 7.37. The van der Waals surface area contributed by atoms with Gasteiger partial charge in [0, 0.05) is 18.5 Å². The molecule has 1 fully saturated rings. The molecule has 0 unspecified atom stereocenters. The van der Waals surface area contributed by atoms with Crippen molar-refractivity contribution in [2.24, 2.45) is 0 Å². The molecule has 1 saturated carbocycles. The number of thiazole rings is 1. The molecule has 1 aliphatic rings. The molecule has 0 bridgehead atoms. The van der Waals surface area contributed by atoms with Crippen LogP contribution in [0, 0.1) is 0 Å². The Hall–Kier alpha value is -0.280. The van der Waals surface area contributed by atoms with Gasteiger partial charge in [0.25, 0.3) is 0 Å². The molecule has 60 valence electrons. The second-order valence-corrected chi connectivity index (χ2v) is 4.02. The summed E-state index contributed by atoms with van der Waals surface area (Å²) in [6, 6.07) is 0.720. The Morgan fingerprint density at radius 1 is 1.73 bits per heavy atom. The zero-order valence-corrected chi connectivity index (χ0v) is 7.82. The van der Waals surface area contributed by atoms with Gasteiger partial charge in [-0.3, -0.25) is 0 Å². The number of anilines is 1. The number of hydrogen-bond acceptors (Lipinski definition) is 3. The van der Waals surface area contributed by atoms with Crippen LogP contribution in [0.2, 0.25) is 5.15 Å². The van der Waals surface area contributed by atoms with Gasteiger partial charge in [-0.2, -0.15) is 0 Å². The molecular formula is C7H9ClN2S.